The molecule has 0 aliphatic carbocycles. The van der Waals surface area contributed by atoms with Crippen LogP contribution in [0.25, 0.3) is 37.2 Å². The van der Waals surface area contributed by atoms with Crippen molar-refractivity contribution in [3.05, 3.63) is 113 Å². The first-order valence-electron chi connectivity index (χ1n) is 14.0. The highest BCUT2D eigenvalue weighted by atomic mass is 15.1. The molecule has 0 amide bonds. The molecule has 0 spiro atoms. The zero-order valence-corrected chi connectivity index (χ0v) is 22.1. The van der Waals surface area contributed by atoms with Crippen LogP contribution in [0, 0.1) is 17.9 Å². The number of hydrogen-bond donors (Lipinski definition) is 0. The molecule has 190 valence electrons. The minimum absolute atomic E-state index is 0.714. The van der Waals surface area contributed by atoms with Gasteiger partial charge in [-0.25, -0.2) is 4.85 Å². The molecular formula is C36H26N4. The van der Waals surface area contributed by atoms with E-state index in [1.807, 2.05) is 12.1 Å². The van der Waals surface area contributed by atoms with E-state index in [2.05, 4.69) is 93.5 Å². The molecule has 2 aliphatic rings. The average Bonchev–Trinajstić information content (AvgIpc) is 3.02. The van der Waals surface area contributed by atoms with Crippen LogP contribution >= 0.6 is 0 Å². The molecule has 0 N–H and O–H groups in total. The first-order valence-corrected chi connectivity index (χ1v) is 14.0. The standard InChI is InChI=1S/C36H26N4/c1-38-28-11-17-32-27(21-28)5-3-19-40(32)34-16-10-25-7-12-29-33(15-9-24-8-13-30(34)36(25)35(24)29)39-18-2-4-26-20-23(22-37)6-14-31(26)39/h6-17,20-21H,2-5,18-19H2. The van der Waals surface area contributed by atoms with Gasteiger partial charge in [0.15, 0.2) is 5.69 Å². The van der Waals surface area contributed by atoms with Crippen LogP contribution in [0.2, 0.25) is 0 Å². The van der Waals surface area contributed by atoms with Crippen molar-refractivity contribution in [2.45, 2.75) is 25.7 Å². The van der Waals surface area contributed by atoms with Gasteiger partial charge in [-0.15, -0.1) is 0 Å². The normalized spacial score (nSPS) is 14.8. The third-order valence-electron chi connectivity index (χ3n) is 8.84. The summed E-state index contributed by atoms with van der Waals surface area (Å²) in [5.74, 6) is 0. The Kier molecular flexibility index (Phi) is 5.00. The average molecular weight is 515 g/mol. The van der Waals surface area contributed by atoms with Crippen LogP contribution in [-0.2, 0) is 12.8 Å². The summed E-state index contributed by atoms with van der Waals surface area (Å²) in [5.41, 5.74) is 8.85. The molecular weight excluding hydrogens is 488 g/mol. The second-order valence-corrected chi connectivity index (χ2v) is 11.0. The molecule has 6 aromatic carbocycles. The second-order valence-electron chi connectivity index (χ2n) is 11.0. The van der Waals surface area contributed by atoms with Crippen molar-refractivity contribution >= 4 is 60.8 Å². The van der Waals surface area contributed by atoms with Gasteiger partial charge in [-0.2, -0.15) is 5.26 Å². The number of aryl methyl sites for hydroxylation is 2. The predicted molar refractivity (Wildman–Crippen MR) is 165 cm³/mol. The van der Waals surface area contributed by atoms with E-state index in [-0.39, 0.29) is 0 Å². The van der Waals surface area contributed by atoms with Gasteiger partial charge >= 0.3 is 0 Å². The van der Waals surface area contributed by atoms with E-state index in [9.17, 15) is 5.26 Å². The minimum Gasteiger partial charge on any atom is -0.341 e. The van der Waals surface area contributed by atoms with Gasteiger partial charge < -0.3 is 9.80 Å². The smallest absolute Gasteiger partial charge is 0.187 e. The molecule has 2 aliphatic heterocycles. The van der Waals surface area contributed by atoms with Crippen LogP contribution in [0.4, 0.5) is 28.4 Å². The van der Waals surface area contributed by atoms with Crippen molar-refractivity contribution in [1.82, 2.24) is 0 Å². The molecule has 0 fully saturated rings. The number of nitrogens with zero attached hydrogens (tertiary/aromatic N) is 4. The molecule has 0 saturated carbocycles. The summed E-state index contributed by atoms with van der Waals surface area (Å²) < 4.78 is 0. The van der Waals surface area contributed by atoms with Gasteiger partial charge in [-0.1, -0.05) is 48.5 Å². The van der Waals surface area contributed by atoms with Crippen molar-refractivity contribution < 1.29 is 0 Å². The fourth-order valence-corrected chi connectivity index (χ4v) is 7.06. The summed E-state index contributed by atoms with van der Waals surface area (Å²) in [6, 6.07) is 32.8. The molecule has 0 aromatic heterocycles. The Morgan fingerprint density at radius 1 is 0.625 bits per heavy atom. The third-order valence-corrected chi connectivity index (χ3v) is 8.84. The number of nitriles is 1. The van der Waals surface area contributed by atoms with E-state index in [4.69, 9.17) is 6.57 Å². The highest BCUT2D eigenvalue weighted by Crippen LogP contribution is 2.46. The van der Waals surface area contributed by atoms with Crippen molar-refractivity contribution in [3.8, 4) is 6.07 Å². The molecule has 4 nitrogen and oxygen atoms in total. The SMILES string of the molecule is [C-]#[N+]c1ccc2c(c1)CCCN2c1ccc2ccc3c(N4CCCc5cc(C#N)ccc54)ccc4ccc1c2c43. The van der Waals surface area contributed by atoms with Crippen molar-refractivity contribution in [1.29, 1.82) is 5.26 Å². The quantitative estimate of drug-likeness (QED) is 0.171. The van der Waals surface area contributed by atoms with E-state index in [1.54, 1.807) is 0 Å². The van der Waals surface area contributed by atoms with Gasteiger partial charge in [-0.3, -0.25) is 0 Å². The van der Waals surface area contributed by atoms with Crippen molar-refractivity contribution in [3.63, 3.8) is 0 Å². The summed E-state index contributed by atoms with van der Waals surface area (Å²) in [5, 5.41) is 17.1. The summed E-state index contributed by atoms with van der Waals surface area (Å²) in [6.45, 7) is 9.38. The van der Waals surface area contributed by atoms with E-state index in [1.165, 1.54) is 66.2 Å². The molecule has 8 rings (SSSR count). The summed E-state index contributed by atoms with van der Waals surface area (Å²) in [7, 11) is 0. The van der Waals surface area contributed by atoms with Gasteiger partial charge in [0.1, 0.15) is 0 Å². The van der Waals surface area contributed by atoms with Crippen LogP contribution in [0.5, 0.6) is 0 Å². The lowest BCUT2D eigenvalue weighted by Gasteiger charge is -2.34. The summed E-state index contributed by atoms with van der Waals surface area (Å²) >= 11 is 0. The number of fused-ring (bicyclic) bond motifs is 2. The van der Waals surface area contributed by atoms with Gasteiger partial charge in [0.25, 0.3) is 0 Å². The Labute approximate surface area is 233 Å². The second kappa shape index (κ2) is 8.73. The first-order chi connectivity index (χ1) is 19.7. The molecule has 0 saturated heterocycles. The molecule has 0 atom stereocenters. The number of benzene rings is 6. The lowest BCUT2D eigenvalue weighted by molar-refractivity contribution is 0.768. The molecule has 0 bridgehead atoms. The fraction of sp³-hybridized carbons (Fsp3) is 0.167. The largest absolute Gasteiger partial charge is 0.341 e. The van der Waals surface area contributed by atoms with E-state index in [0.717, 1.165) is 44.3 Å². The van der Waals surface area contributed by atoms with Crippen LogP contribution in [0.1, 0.15) is 29.5 Å². The van der Waals surface area contributed by atoms with E-state index >= 15 is 0 Å². The van der Waals surface area contributed by atoms with Gasteiger partial charge in [0, 0.05) is 46.6 Å². The zero-order valence-electron chi connectivity index (χ0n) is 22.1. The Morgan fingerprint density at radius 2 is 1.15 bits per heavy atom. The molecule has 4 heteroatoms. The maximum atomic E-state index is 9.44. The first kappa shape index (κ1) is 22.9. The van der Waals surface area contributed by atoms with E-state index in [0.29, 0.717) is 5.69 Å². The number of hydrogen-bond acceptors (Lipinski definition) is 3. The Hall–Kier alpha value is -5.06. The number of rotatable bonds is 2. The monoisotopic (exact) mass is 514 g/mol. The highest BCUT2D eigenvalue weighted by molar-refractivity contribution is 6.27. The predicted octanol–water partition coefficient (Wildman–Crippen LogP) is 9.18. The summed E-state index contributed by atoms with van der Waals surface area (Å²) in [6.07, 6.45) is 4.16. The maximum Gasteiger partial charge on any atom is 0.187 e. The third kappa shape index (κ3) is 3.30. The molecule has 6 aromatic rings. The molecule has 2 heterocycles. The van der Waals surface area contributed by atoms with Gasteiger partial charge in [0.05, 0.1) is 18.2 Å². The van der Waals surface area contributed by atoms with Crippen LogP contribution in [-0.4, -0.2) is 13.1 Å². The highest BCUT2D eigenvalue weighted by Gasteiger charge is 2.24. The molecule has 40 heavy (non-hydrogen) atoms. The summed E-state index contributed by atoms with van der Waals surface area (Å²) in [4.78, 5) is 8.56. The van der Waals surface area contributed by atoms with Crippen LogP contribution < -0.4 is 9.80 Å². The Morgan fingerprint density at radius 3 is 1.73 bits per heavy atom. The topological polar surface area (TPSA) is 34.6 Å². The minimum atomic E-state index is 0.714. The Balaban J connectivity index is 1.34. The van der Waals surface area contributed by atoms with Gasteiger partial charge in [-0.05, 0) is 94.8 Å². The van der Waals surface area contributed by atoms with Crippen molar-refractivity contribution in [2.75, 3.05) is 22.9 Å². The van der Waals surface area contributed by atoms with Crippen LogP contribution in [0.15, 0.2) is 84.9 Å². The zero-order chi connectivity index (χ0) is 26.8. The lowest BCUT2D eigenvalue weighted by Crippen LogP contribution is -2.25. The fourth-order valence-electron chi connectivity index (χ4n) is 7.06. The van der Waals surface area contributed by atoms with Gasteiger partial charge in [0.2, 0.25) is 0 Å². The lowest BCUT2D eigenvalue weighted by atomic mass is 9.90. The molecule has 0 radical (unpaired) electrons. The molecule has 0 unspecified atom stereocenters. The van der Waals surface area contributed by atoms with E-state index < -0.39 is 0 Å². The van der Waals surface area contributed by atoms with Crippen LogP contribution in [0.3, 0.4) is 0 Å². The Bertz CT molecular complexity index is 1910. The van der Waals surface area contributed by atoms with Crippen molar-refractivity contribution in [2.24, 2.45) is 0 Å². The maximum absolute atomic E-state index is 9.44. The number of anilines is 4.